The molecule has 40 heavy (non-hydrogen) atoms. The minimum absolute atomic E-state index is 0. The Morgan fingerprint density at radius 3 is 2.67 bits per heavy atom. The Kier molecular flexibility index (Phi) is 8.27. The lowest BCUT2D eigenvalue weighted by molar-refractivity contribution is 0.0981. The van der Waals surface area contributed by atoms with Crippen molar-refractivity contribution in [3.05, 3.63) is 102 Å². The molecular weight excluding hydrogens is 553 g/mol. The maximum Gasteiger partial charge on any atom is 0.259 e. The van der Waals surface area contributed by atoms with E-state index in [2.05, 4.69) is 20.3 Å². The van der Waals surface area contributed by atoms with Crippen LogP contribution in [0.3, 0.4) is 0 Å². The summed E-state index contributed by atoms with van der Waals surface area (Å²) in [5.74, 6) is 1.38. The zero-order valence-electron chi connectivity index (χ0n) is 21.5. The van der Waals surface area contributed by atoms with E-state index >= 15 is 0 Å². The molecule has 0 unspecified atom stereocenters. The van der Waals surface area contributed by atoms with Crippen LogP contribution in [-0.4, -0.2) is 33.9 Å². The van der Waals surface area contributed by atoms with Crippen LogP contribution < -0.4 is 19.7 Å². The molecule has 2 N–H and O–H groups in total. The van der Waals surface area contributed by atoms with Crippen molar-refractivity contribution in [2.24, 2.45) is 0 Å². The summed E-state index contributed by atoms with van der Waals surface area (Å²) in [6.07, 6.45) is 1.65. The molecule has 5 aromatic rings. The van der Waals surface area contributed by atoms with Gasteiger partial charge < -0.3 is 24.7 Å². The molecule has 11 heteroatoms. The van der Waals surface area contributed by atoms with Gasteiger partial charge in [0.1, 0.15) is 17.1 Å². The van der Waals surface area contributed by atoms with Crippen molar-refractivity contribution in [2.75, 3.05) is 17.3 Å². The van der Waals surface area contributed by atoms with Crippen LogP contribution in [0.25, 0.3) is 11.0 Å². The molecule has 6 rings (SSSR count). The molecule has 0 spiro atoms. The lowest BCUT2D eigenvalue weighted by Crippen LogP contribution is -2.30. The number of carbonyl (C=O) groups excluding carboxylic acids is 2. The van der Waals surface area contributed by atoms with Crippen molar-refractivity contribution in [1.82, 2.24) is 15.0 Å². The van der Waals surface area contributed by atoms with Gasteiger partial charge in [-0.15, -0.1) is 24.8 Å². The summed E-state index contributed by atoms with van der Waals surface area (Å²) in [5.41, 5.74) is 4.13. The number of aryl methyl sites for hydroxylation is 1. The van der Waals surface area contributed by atoms with Crippen LogP contribution >= 0.6 is 24.8 Å². The van der Waals surface area contributed by atoms with E-state index in [0.29, 0.717) is 39.6 Å². The molecule has 0 bridgehead atoms. The largest absolute Gasteiger partial charge is 0.496 e. The van der Waals surface area contributed by atoms with Gasteiger partial charge in [0.05, 0.1) is 36.1 Å². The molecule has 1 aliphatic rings. The van der Waals surface area contributed by atoms with Gasteiger partial charge in [-0.2, -0.15) is 0 Å². The van der Waals surface area contributed by atoms with Gasteiger partial charge in [0.25, 0.3) is 11.8 Å². The Morgan fingerprint density at radius 1 is 1.02 bits per heavy atom. The van der Waals surface area contributed by atoms with Gasteiger partial charge >= 0.3 is 0 Å². The summed E-state index contributed by atoms with van der Waals surface area (Å²) in [7, 11) is 1.47. The summed E-state index contributed by atoms with van der Waals surface area (Å²) in [5, 5.41) is 2.91. The first-order valence-corrected chi connectivity index (χ1v) is 12.0. The Balaban J connectivity index is 0.00000185. The van der Waals surface area contributed by atoms with E-state index < -0.39 is 0 Å². The highest BCUT2D eigenvalue weighted by atomic mass is 35.5. The number of para-hydroxylation sites is 3. The molecule has 3 aromatic carbocycles. The van der Waals surface area contributed by atoms with E-state index in [1.54, 1.807) is 41.4 Å². The fourth-order valence-electron chi connectivity index (χ4n) is 4.56. The number of aromatic nitrogens is 3. The molecule has 204 valence electrons. The van der Waals surface area contributed by atoms with Crippen LogP contribution in [0, 0.1) is 6.92 Å². The molecule has 3 heterocycles. The first-order valence-electron chi connectivity index (χ1n) is 12.0. The lowest BCUT2D eigenvalue weighted by Gasteiger charge is -2.22. The number of fused-ring (bicyclic) bond motifs is 3. The number of H-pyrrole nitrogens is 1. The second-order valence-electron chi connectivity index (χ2n) is 8.82. The fraction of sp³-hybridized carbons (Fsp3) is 0.103. The van der Waals surface area contributed by atoms with Crippen LogP contribution in [0.2, 0.25) is 0 Å². The average Bonchev–Trinajstić information content (AvgIpc) is 3.24. The highest BCUT2D eigenvalue weighted by Gasteiger charge is 2.27. The molecule has 0 fully saturated rings. The first-order chi connectivity index (χ1) is 18.5. The predicted molar refractivity (Wildman–Crippen MR) is 158 cm³/mol. The fourth-order valence-corrected chi connectivity index (χ4v) is 4.56. The number of nitrogens with zero attached hydrogens (tertiary/aromatic N) is 3. The number of ether oxygens (including phenoxy) is 2. The second-order valence-corrected chi connectivity index (χ2v) is 8.82. The topological polar surface area (TPSA) is 109 Å². The van der Waals surface area contributed by atoms with Crippen molar-refractivity contribution in [3.8, 4) is 17.4 Å². The SMILES string of the molecule is COc1cc(C(=O)N2Cc3cccnc3Oc3ccccc32)ccc1C(=O)Nc1cccc2[nH]c(C)nc12.Cl.Cl. The molecule has 1 aliphatic heterocycles. The normalized spacial score (nSPS) is 11.6. The molecule has 0 saturated heterocycles. The summed E-state index contributed by atoms with van der Waals surface area (Å²) in [6.45, 7) is 2.13. The molecule has 0 radical (unpaired) electrons. The number of benzene rings is 3. The van der Waals surface area contributed by atoms with E-state index in [4.69, 9.17) is 9.47 Å². The van der Waals surface area contributed by atoms with E-state index in [0.717, 1.165) is 16.9 Å². The average molecular weight is 578 g/mol. The third-order valence-corrected chi connectivity index (χ3v) is 6.36. The predicted octanol–water partition coefficient (Wildman–Crippen LogP) is 6.32. The van der Waals surface area contributed by atoms with Gasteiger partial charge in [-0.1, -0.05) is 24.3 Å². The molecule has 2 aromatic heterocycles. The minimum Gasteiger partial charge on any atom is -0.496 e. The Morgan fingerprint density at radius 2 is 1.85 bits per heavy atom. The highest BCUT2D eigenvalue weighted by Crippen LogP contribution is 2.38. The second kappa shape index (κ2) is 11.6. The van der Waals surface area contributed by atoms with E-state index in [-0.39, 0.29) is 48.9 Å². The number of imidazole rings is 1. The van der Waals surface area contributed by atoms with Gasteiger partial charge in [0.15, 0.2) is 5.75 Å². The van der Waals surface area contributed by atoms with Crippen molar-refractivity contribution in [1.29, 1.82) is 0 Å². The summed E-state index contributed by atoms with van der Waals surface area (Å²) < 4.78 is 11.5. The van der Waals surface area contributed by atoms with Gasteiger partial charge in [-0.3, -0.25) is 9.59 Å². The standard InChI is InChI=1S/C29H23N5O4.2ClH/c1-17-31-21-8-5-9-22(26(21)32-17)33-27(35)20-13-12-18(15-25(20)37-2)29(36)34-16-19-7-6-14-30-28(19)38-24-11-4-3-10-23(24)34;;/h3-15H,16H2,1-2H3,(H,31,32)(H,33,35);2*1H. The number of hydrogen-bond donors (Lipinski definition) is 2. The molecule has 0 saturated carbocycles. The molecular formula is C29H25Cl2N5O4. The Labute approximate surface area is 242 Å². The lowest BCUT2D eigenvalue weighted by atomic mass is 10.1. The number of anilines is 2. The minimum atomic E-state index is -0.373. The van der Waals surface area contributed by atoms with Crippen molar-refractivity contribution in [2.45, 2.75) is 13.5 Å². The van der Waals surface area contributed by atoms with E-state index in [1.165, 1.54) is 7.11 Å². The smallest absolute Gasteiger partial charge is 0.259 e. The number of rotatable bonds is 4. The van der Waals surface area contributed by atoms with Gasteiger partial charge in [-0.25, -0.2) is 9.97 Å². The van der Waals surface area contributed by atoms with Crippen molar-refractivity contribution >= 4 is 59.0 Å². The quantitative estimate of drug-likeness (QED) is 0.258. The highest BCUT2D eigenvalue weighted by molar-refractivity contribution is 6.11. The van der Waals surface area contributed by atoms with E-state index in [1.807, 2.05) is 49.4 Å². The number of hydrogen-bond acceptors (Lipinski definition) is 6. The zero-order valence-corrected chi connectivity index (χ0v) is 23.1. The molecule has 0 atom stereocenters. The monoisotopic (exact) mass is 577 g/mol. The molecule has 0 aliphatic carbocycles. The van der Waals surface area contributed by atoms with Crippen molar-refractivity contribution < 1.29 is 19.1 Å². The van der Waals surface area contributed by atoms with Crippen molar-refractivity contribution in [3.63, 3.8) is 0 Å². The maximum atomic E-state index is 13.8. The summed E-state index contributed by atoms with van der Waals surface area (Å²) in [4.78, 5) is 40.6. The maximum absolute atomic E-state index is 13.8. The number of halogens is 2. The number of methoxy groups -OCH3 is 1. The molecule has 2 amide bonds. The Bertz CT molecular complexity index is 1720. The zero-order chi connectivity index (χ0) is 26.2. The van der Waals surface area contributed by atoms with Crippen LogP contribution in [0.15, 0.2) is 79.0 Å². The van der Waals surface area contributed by atoms with Crippen LogP contribution in [0.4, 0.5) is 11.4 Å². The van der Waals surface area contributed by atoms with E-state index in [9.17, 15) is 9.59 Å². The first kappa shape index (κ1) is 28.4. The van der Waals surface area contributed by atoms with Crippen LogP contribution in [-0.2, 0) is 6.54 Å². The number of carbonyl (C=O) groups is 2. The number of pyridine rings is 1. The van der Waals surface area contributed by atoms with Gasteiger partial charge in [0.2, 0.25) is 5.88 Å². The number of nitrogens with one attached hydrogen (secondary N) is 2. The van der Waals surface area contributed by atoms with Crippen LogP contribution in [0.1, 0.15) is 32.1 Å². The van der Waals surface area contributed by atoms with Gasteiger partial charge in [0, 0.05) is 17.3 Å². The Hall–Kier alpha value is -4.60. The van der Waals surface area contributed by atoms with Gasteiger partial charge in [-0.05, 0) is 55.5 Å². The number of aromatic amines is 1. The molecule has 9 nitrogen and oxygen atoms in total. The number of amides is 2. The third kappa shape index (κ3) is 5.16. The van der Waals surface area contributed by atoms with Crippen LogP contribution in [0.5, 0.6) is 17.4 Å². The third-order valence-electron chi connectivity index (χ3n) is 6.36. The summed E-state index contributed by atoms with van der Waals surface area (Å²) in [6, 6.07) is 21.3. The summed E-state index contributed by atoms with van der Waals surface area (Å²) >= 11 is 0.